The molecule has 2 aliphatic heterocycles. The number of aromatic amines is 1. The maximum Gasteiger partial charge on any atom is 0.246 e. The molecule has 3 heterocycles. The topological polar surface area (TPSA) is 143 Å². The first-order chi connectivity index (χ1) is 21.3. The molecule has 5 rings (SSSR count). The first-order valence-electron chi connectivity index (χ1n) is 14.3. The molecule has 0 bridgehead atoms. The van der Waals surface area contributed by atoms with Crippen LogP contribution in [-0.2, 0) is 27.3 Å². The summed E-state index contributed by atoms with van der Waals surface area (Å²) in [6.07, 6.45) is 3.24. The fourth-order valence-electron chi connectivity index (χ4n) is 4.94. The van der Waals surface area contributed by atoms with E-state index in [0.717, 1.165) is 49.3 Å². The highest BCUT2D eigenvalue weighted by Gasteiger charge is 2.21. The van der Waals surface area contributed by atoms with Gasteiger partial charge in [0, 0.05) is 42.9 Å². The van der Waals surface area contributed by atoms with Gasteiger partial charge in [-0.25, -0.2) is 4.39 Å². The molecule has 0 aliphatic carbocycles. The number of nitrogens with zero attached hydrogens (tertiary/aromatic N) is 2. The minimum absolute atomic E-state index is 0.00653. The van der Waals surface area contributed by atoms with Gasteiger partial charge in [0.2, 0.25) is 5.91 Å². The highest BCUT2D eigenvalue weighted by atomic mass is 32.1. The van der Waals surface area contributed by atoms with E-state index in [0.29, 0.717) is 28.1 Å². The largest absolute Gasteiger partial charge is 0.490 e. The zero-order valence-corrected chi connectivity index (χ0v) is 25.8. The van der Waals surface area contributed by atoms with E-state index in [-0.39, 0.29) is 38.4 Å². The van der Waals surface area contributed by atoms with Crippen LogP contribution in [0.2, 0.25) is 0 Å². The van der Waals surface area contributed by atoms with Gasteiger partial charge in [-0.15, -0.1) is 0 Å². The number of aromatic nitrogens is 2. The number of likely N-dealkylation sites (tertiary alicyclic amines) is 1. The van der Waals surface area contributed by atoms with E-state index in [2.05, 4.69) is 40.3 Å². The van der Waals surface area contributed by atoms with E-state index >= 15 is 0 Å². The average molecular weight is 626 g/mol. The summed E-state index contributed by atoms with van der Waals surface area (Å²) in [7, 11) is 0. The van der Waals surface area contributed by atoms with Gasteiger partial charge in [0.05, 0.1) is 30.0 Å². The first-order valence-corrected chi connectivity index (χ1v) is 14.7. The van der Waals surface area contributed by atoms with Crippen molar-refractivity contribution in [1.29, 1.82) is 0 Å². The first kappa shape index (κ1) is 34.7. The Kier molecular flexibility index (Phi) is 13.8. The van der Waals surface area contributed by atoms with Crippen molar-refractivity contribution in [3.8, 4) is 28.3 Å². The van der Waals surface area contributed by atoms with Crippen LogP contribution < -0.4 is 15.8 Å². The van der Waals surface area contributed by atoms with E-state index in [4.69, 9.17) is 37.3 Å². The van der Waals surface area contributed by atoms with Crippen molar-refractivity contribution in [3.63, 3.8) is 0 Å². The summed E-state index contributed by atoms with van der Waals surface area (Å²) in [5.74, 6) is -0.0715. The van der Waals surface area contributed by atoms with E-state index in [1.54, 1.807) is 11.0 Å². The van der Waals surface area contributed by atoms with Crippen molar-refractivity contribution in [3.05, 3.63) is 76.1 Å². The standard InChI is InChI=1S/C24H26FN3O3S.C7H12N2O.CH2O/c1-15-22(17-2-3-18-14-26-7-6-16(18)12-17)27-28-23(24(15)32)20-5-4-19(25)13-21(20)31-11-10-30-9-8-29;1-2-7(10)9-4-3-6(8)5-9;1-2/h2-5,12-13,26,29H,6-11,14H2,1H3,(H,27,32);2,6H,1,3-5,8H2;1H2. The third kappa shape index (κ3) is 9.10. The van der Waals surface area contributed by atoms with Crippen molar-refractivity contribution >= 4 is 24.9 Å². The molecule has 1 atom stereocenters. The normalized spacial score (nSPS) is 15.3. The van der Waals surface area contributed by atoms with Crippen molar-refractivity contribution < 1.29 is 28.6 Å². The average Bonchev–Trinajstić information content (AvgIpc) is 3.49. The van der Waals surface area contributed by atoms with Gasteiger partial charge in [-0.2, -0.15) is 5.10 Å². The predicted octanol–water partition coefficient (Wildman–Crippen LogP) is 3.50. The Bertz CT molecular complexity index is 1480. The van der Waals surface area contributed by atoms with Gasteiger partial charge in [0.15, 0.2) is 0 Å². The molecule has 1 fully saturated rings. The van der Waals surface area contributed by atoms with E-state index in [1.807, 2.05) is 13.7 Å². The van der Waals surface area contributed by atoms with Gasteiger partial charge in [-0.1, -0.05) is 30.9 Å². The molecule has 1 aromatic heterocycles. The van der Waals surface area contributed by atoms with Crippen molar-refractivity contribution in [2.75, 3.05) is 46.1 Å². The second-order valence-corrected chi connectivity index (χ2v) is 10.6. The van der Waals surface area contributed by atoms with Gasteiger partial charge >= 0.3 is 0 Å². The molecule has 0 saturated carbocycles. The molecular weight excluding hydrogens is 585 g/mol. The molecule has 3 aromatic rings. The summed E-state index contributed by atoms with van der Waals surface area (Å²) in [5, 5.41) is 19.9. The molecule has 12 heteroatoms. The minimum Gasteiger partial charge on any atom is -0.490 e. The van der Waals surface area contributed by atoms with E-state index in [1.165, 1.54) is 29.3 Å². The number of halogens is 1. The van der Waals surface area contributed by atoms with Crippen LogP contribution in [0.4, 0.5) is 4.39 Å². The number of aliphatic hydroxyl groups excluding tert-OH is 1. The lowest BCUT2D eigenvalue weighted by atomic mass is 9.96. The Morgan fingerprint density at radius 2 is 2.02 bits per heavy atom. The number of nitrogens with two attached hydrogens (primary N) is 1. The number of aliphatic hydroxyl groups is 1. The van der Waals surface area contributed by atoms with Gasteiger partial charge < -0.3 is 35.3 Å². The quantitative estimate of drug-likeness (QED) is 0.160. The molecule has 0 spiro atoms. The summed E-state index contributed by atoms with van der Waals surface area (Å²) < 4.78 is 25.4. The number of hydrogen-bond acceptors (Lipinski definition) is 9. The van der Waals surface area contributed by atoms with Crippen LogP contribution in [0.25, 0.3) is 22.5 Å². The summed E-state index contributed by atoms with van der Waals surface area (Å²) >= 11 is 5.75. The molecule has 1 amide bonds. The van der Waals surface area contributed by atoms with Crippen LogP contribution in [0.3, 0.4) is 0 Å². The highest BCUT2D eigenvalue weighted by Crippen LogP contribution is 2.33. The molecule has 44 heavy (non-hydrogen) atoms. The molecule has 1 unspecified atom stereocenters. The lowest BCUT2D eigenvalue weighted by Crippen LogP contribution is -2.30. The van der Waals surface area contributed by atoms with Crippen LogP contribution in [0.1, 0.15) is 23.1 Å². The summed E-state index contributed by atoms with van der Waals surface area (Å²) in [6.45, 7) is 11.4. The van der Waals surface area contributed by atoms with Crippen LogP contribution in [0.5, 0.6) is 5.75 Å². The molecule has 2 aromatic carbocycles. The molecule has 5 N–H and O–H groups in total. The van der Waals surface area contributed by atoms with Gasteiger partial charge in [0.1, 0.15) is 30.7 Å². The Labute approximate surface area is 262 Å². The summed E-state index contributed by atoms with van der Waals surface area (Å²) in [6, 6.07) is 10.9. The number of benzene rings is 2. The summed E-state index contributed by atoms with van der Waals surface area (Å²) in [4.78, 5) is 20.6. The number of rotatable bonds is 9. The number of H-pyrrole nitrogens is 1. The van der Waals surface area contributed by atoms with E-state index < -0.39 is 5.82 Å². The fourth-order valence-corrected chi connectivity index (χ4v) is 5.20. The van der Waals surface area contributed by atoms with E-state index in [9.17, 15) is 9.18 Å². The van der Waals surface area contributed by atoms with Gasteiger partial charge in [-0.05, 0) is 67.3 Å². The zero-order chi connectivity index (χ0) is 32.1. The van der Waals surface area contributed by atoms with Crippen molar-refractivity contribution in [1.82, 2.24) is 20.4 Å². The minimum atomic E-state index is -0.410. The Hall–Kier alpha value is -3.81. The number of hydrogen-bond donors (Lipinski definition) is 4. The van der Waals surface area contributed by atoms with Gasteiger partial charge in [0.25, 0.3) is 0 Å². The second-order valence-electron chi connectivity index (χ2n) is 10.2. The monoisotopic (exact) mass is 625 g/mol. The summed E-state index contributed by atoms with van der Waals surface area (Å²) in [5.41, 5.74) is 12.2. The number of fused-ring (bicyclic) bond motifs is 1. The number of carbonyl (C=O) groups is 2. The van der Waals surface area contributed by atoms with Crippen LogP contribution in [-0.4, -0.2) is 85.0 Å². The number of nitrogens with one attached hydrogen (secondary N) is 2. The number of amides is 1. The second kappa shape index (κ2) is 17.5. The Morgan fingerprint density at radius 3 is 2.73 bits per heavy atom. The molecular formula is C32H40FN5O5S. The van der Waals surface area contributed by atoms with Crippen LogP contribution in [0.15, 0.2) is 49.1 Å². The smallest absolute Gasteiger partial charge is 0.246 e. The van der Waals surface area contributed by atoms with Crippen molar-refractivity contribution in [2.24, 2.45) is 5.73 Å². The zero-order valence-electron chi connectivity index (χ0n) is 24.9. The molecule has 0 radical (unpaired) electrons. The molecule has 2 aliphatic rings. The predicted molar refractivity (Wildman–Crippen MR) is 170 cm³/mol. The third-order valence-electron chi connectivity index (χ3n) is 7.22. The maximum absolute atomic E-state index is 13.9. The third-order valence-corrected chi connectivity index (χ3v) is 7.72. The fraction of sp³-hybridized carbons (Fsp3) is 0.375. The molecule has 10 nitrogen and oxygen atoms in total. The maximum atomic E-state index is 13.9. The lowest BCUT2D eigenvalue weighted by molar-refractivity contribution is -0.125. The lowest BCUT2D eigenvalue weighted by Gasteiger charge is -2.18. The molecule has 1 saturated heterocycles. The van der Waals surface area contributed by atoms with Gasteiger partial charge in [-0.3, -0.25) is 9.89 Å². The highest BCUT2D eigenvalue weighted by molar-refractivity contribution is 7.71. The van der Waals surface area contributed by atoms with Crippen LogP contribution in [0, 0.1) is 17.3 Å². The van der Waals surface area contributed by atoms with Crippen LogP contribution >= 0.6 is 12.2 Å². The number of carbonyl (C=O) groups excluding carboxylic acids is 2. The SMILES string of the molecule is C=CC(=O)N1CCC(N)C1.C=O.Cc1c(-c2ccc3c(c2)CCNC3)[nH]nc(-c2ccc(F)cc2OCCOCCO)c1=S. The Balaban J connectivity index is 0.000000372. The Morgan fingerprint density at radius 1 is 1.23 bits per heavy atom. The molecule has 236 valence electrons. The van der Waals surface area contributed by atoms with Crippen molar-refractivity contribution in [2.45, 2.75) is 32.4 Å². The number of ether oxygens (including phenoxy) is 2.